The lowest BCUT2D eigenvalue weighted by molar-refractivity contribution is -0.127. The van der Waals surface area contributed by atoms with Gasteiger partial charge in [-0.3, -0.25) is 14.6 Å². The molecule has 0 aliphatic carbocycles. The highest BCUT2D eigenvalue weighted by Gasteiger charge is 2.25. The van der Waals surface area contributed by atoms with Crippen molar-refractivity contribution in [2.24, 2.45) is 5.41 Å². The summed E-state index contributed by atoms with van der Waals surface area (Å²) in [5, 5.41) is 0. The molecule has 3 nitrogen and oxygen atoms in total. The molecule has 0 bridgehead atoms. The van der Waals surface area contributed by atoms with Gasteiger partial charge in [0, 0.05) is 38.1 Å². The second-order valence-electron chi connectivity index (χ2n) is 6.71. The van der Waals surface area contributed by atoms with E-state index >= 15 is 0 Å². The van der Waals surface area contributed by atoms with Crippen LogP contribution in [0.5, 0.6) is 0 Å². The highest BCUT2D eigenvalue weighted by molar-refractivity contribution is 5.85. The van der Waals surface area contributed by atoms with E-state index in [0.29, 0.717) is 12.3 Å². The summed E-state index contributed by atoms with van der Waals surface area (Å²) in [7, 11) is 0. The summed E-state index contributed by atoms with van der Waals surface area (Å²) in [4.78, 5) is 16.8. The molecule has 0 unspecified atom stereocenters. The van der Waals surface area contributed by atoms with Crippen LogP contribution in [0, 0.1) is 5.41 Å². The lowest BCUT2D eigenvalue weighted by atomic mass is 9.90. The third-order valence-electron chi connectivity index (χ3n) is 3.92. The smallest absolute Gasteiger partial charge is 0.152 e. The Labute approximate surface area is 122 Å². The van der Waals surface area contributed by atoms with Gasteiger partial charge in [0.2, 0.25) is 0 Å². The molecular weight excluding hydrogens is 248 g/mol. The van der Waals surface area contributed by atoms with E-state index in [9.17, 15) is 4.79 Å². The SMILES string of the molecule is CC(C)(C)C(=O)CN1CCN(Cc2ccccc2)CC1. The summed E-state index contributed by atoms with van der Waals surface area (Å²) in [6, 6.07) is 10.6. The van der Waals surface area contributed by atoms with Gasteiger partial charge < -0.3 is 0 Å². The standard InChI is InChI=1S/C17H26N2O/c1-17(2,3)16(20)14-19-11-9-18(10-12-19)13-15-7-5-4-6-8-15/h4-8H,9-14H2,1-3H3. The van der Waals surface area contributed by atoms with Crippen LogP contribution in [0.15, 0.2) is 30.3 Å². The fourth-order valence-electron chi connectivity index (χ4n) is 2.39. The number of hydrogen-bond donors (Lipinski definition) is 0. The molecule has 0 N–H and O–H groups in total. The normalized spacial score (nSPS) is 18.1. The van der Waals surface area contributed by atoms with Crippen LogP contribution < -0.4 is 0 Å². The average Bonchev–Trinajstić information content (AvgIpc) is 2.41. The lowest BCUT2D eigenvalue weighted by Crippen LogP contribution is -2.48. The molecule has 0 atom stereocenters. The summed E-state index contributed by atoms with van der Waals surface area (Å²) >= 11 is 0. The Hall–Kier alpha value is -1.19. The molecule has 3 heteroatoms. The third kappa shape index (κ3) is 4.43. The molecule has 0 radical (unpaired) electrons. The molecule has 1 heterocycles. The molecule has 2 rings (SSSR count). The summed E-state index contributed by atoms with van der Waals surface area (Å²) in [5.41, 5.74) is 1.15. The fourth-order valence-corrected chi connectivity index (χ4v) is 2.39. The molecule has 1 aliphatic rings. The van der Waals surface area contributed by atoms with Crippen molar-refractivity contribution in [1.82, 2.24) is 9.80 Å². The lowest BCUT2D eigenvalue weighted by Gasteiger charge is -2.35. The molecule has 0 saturated carbocycles. The fraction of sp³-hybridized carbons (Fsp3) is 0.588. The summed E-state index contributed by atoms with van der Waals surface area (Å²) in [6.45, 7) is 11.7. The van der Waals surface area contributed by atoms with Crippen molar-refractivity contribution in [2.75, 3.05) is 32.7 Å². The van der Waals surface area contributed by atoms with Crippen LogP contribution in [0.3, 0.4) is 0 Å². The zero-order valence-corrected chi connectivity index (χ0v) is 12.9. The Morgan fingerprint density at radius 1 is 1.00 bits per heavy atom. The number of piperazine rings is 1. The molecule has 1 saturated heterocycles. The van der Waals surface area contributed by atoms with Crippen LogP contribution in [0.1, 0.15) is 26.3 Å². The highest BCUT2D eigenvalue weighted by atomic mass is 16.1. The van der Waals surface area contributed by atoms with Gasteiger partial charge in [0.25, 0.3) is 0 Å². The predicted octanol–water partition coefficient (Wildman–Crippen LogP) is 2.42. The van der Waals surface area contributed by atoms with Gasteiger partial charge in [-0.05, 0) is 5.56 Å². The van der Waals surface area contributed by atoms with Gasteiger partial charge in [-0.15, -0.1) is 0 Å². The molecule has 1 aromatic rings. The number of carbonyl (C=O) groups is 1. The van der Waals surface area contributed by atoms with Gasteiger partial charge in [-0.1, -0.05) is 51.1 Å². The second kappa shape index (κ2) is 6.51. The van der Waals surface area contributed by atoms with Crippen molar-refractivity contribution in [3.8, 4) is 0 Å². The van der Waals surface area contributed by atoms with Gasteiger partial charge in [-0.2, -0.15) is 0 Å². The van der Waals surface area contributed by atoms with E-state index in [2.05, 4.69) is 40.1 Å². The van der Waals surface area contributed by atoms with E-state index in [1.54, 1.807) is 0 Å². The first kappa shape index (κ1) is 15.2. The minimum atomic E-state index is -0.221. The minimum Gasteiger partial charge on any atom is -0.298 e. The number of hydrogen-bond acceptors (Lipinski definition) is 3. The van der Waals surface area contributed by atoms with Gasteiger partial charge >= 0.3 is 0 Å². The number of benzene rings is 1. The van der Waals surface area contributed by atoms with Crippen molar-refractivity contribution in [2.45, 2.75) is 27.3 Å². The number of carbonyl (C=O) groups excluding carboxylic acids is 1. The van der Waals surface area contributed by atoms with Crippen molar-refractivity contribution in [3.05, 3.63) is 35.9 Å². The van der Waals surface area contributed by atoms with E-state index in [-0.39, 0.29) is 5.41 Å². The number of rotatable bonds is 4. The number of Topliss-reactive ketones (excluding diaryl/α,β-unsaturated/α-hetero) is 1. The Balaban J connectivity index is 1.77. The molecular formula is C17H26N2O. The molecule has 1 aromatic carbocycles. The topological polar surface area (TPSA) is 23.6 Å². The maximum atomic E-state index is 12.1. The van der Waals surface area contributed by atoms with Gasteiger partial charge in [0.05, 0.1) is 6.54 Å². The average molecular weight is 274 g/mol. The van der Waals surface area contributed by atoms with E-state index in [4.69, 9.17) is 0 Å². The second-order valence-corrected chi connectivity index (χ2v) is 6.71. The van der Waals surface area contributed by atoms with E-state index in [1.807, 2.05) is 20.8 Å². The molecule has 0 amide bonds. The first-order valence-corrected chi connectivity index (χ1v) is 7.47. The quantitative estimate of drug-likeness (QED) is 0.842. The van der Waals surface area contributed by atoms with Crippen molar-refractivity contribution >= 4 is 5.78 Å². The number of ketones is 1. The van der Waals surface area contributed by atoms with Crippen LogP contribution in [0.25, 0.3) is 0 Å². The summed E-state index contributed by atoms with van der Waals surface area (Å²) < 4.78 is 0. The Kier molecular flexibility index (Phi) is 4.95. The van der Waals surface area contributed by atoms with Crippen LogP contribution in [-0.2, 0) is 11.3 Å². The molecule has 1 aliphatic heterocycles. The molecule has 0 aromatic heterocycles. The minimum absolute atomic E-state index is 0.221. The zero-order chi connectivity index (χ0) is 14.6. The van der Waals surface area contributed by atoms with Gasteiger partial charge in [0.1, 0.15) is 0 Å². The zero-order valence-electron chi connectivity index (χ0n) is 12.9. The van der Waals surface area contributed by atoms with Gasteiger partial charge in [-0.25, -0.2) is 0 Å². The largest absolute Gasteiger partial charge is 0.298 e. The van der Waals surface area contributed by atoms with Crippen molar-refractivity contribution < 1.29 is 4.79 Å². The van der Waals surface area contributed by atoms with Crippen LogP contribution in [0.4, 0.5) is 0 Å². The maximum absolute atomic E-state index is 12.1. The molecule has 1 fully saturated rings. The van der Waals surface area contributed by atoms with E-state index in [0.717, 1.165) is 32.7 Å². The first-order valence-electron chi connectivity index (χ1n) is 7.47. The van der Waals surface area contributed by atoms with Crippen molar-refractivity contribution in [3.63, 3.8) is 0 Å². The Morgan fingerprint density at radius 2 is 1.55 bits per heavy atom. The number of nitrogens with zero attached hydrogens (tertiary/aromatic N) is 2. The van der Waals surface area contributed by atoms with Crippen molar-refractivity contribution in [1.29, 1.82) is 0 Å². The summed E-state index contributed by atoms with van der Waals surface area (Å²) in [5.74, 6) is 0.342. The summed E-state index contributed by atoms with van der Waals surface area (Å²) in [6.07, 6.45) is 0. The van der Waals surface area contributed by atoms with Gasteiger partial charge in [0.15, 0.2) is 5.78 Å². The predicted molar refractivity (Wildman–Crippen MR) is 82.6 cm³/mol. The molecule has 0 spiro atoms. The Bertz CT molecular complexity index is 428. The van der Waals surface area contributed by atoms with Crippen LogP contribution in [-0.4, -0.2) is 48.3 Å². The Morgan fingerprint density at radius 3 is 2.10 bits per heavy atom. The monoisotopic (exact) mass is 274 g/mol. The van der Waals surface area contributed by atoms with E-state index in [1.165, 1.54) is 5.56 Å². The first-order chi connectivity index (χ1) is 9.45. The molecule has 110 valence electrons. The maximum Gasteiger partial charge on any atom is 0.152 e. The third-order valence-corrected chi connectivity index (χ3v) is 3.92. The highest BCUT2D eigenvalue weighted by Crippen LogP contribution is 2.16. The van der Waals surface area contributed by atoms with Crippen LogP contribution in [0.2, 0.25) is 0 Å². The van der Waals surface area contributed by atoms with Crippen LogP contribution >= 0.6 is 0 Å². The molecule has 20 heavy (non-hydrogen) atoms. The van der Waals surface area contributed by atoms with E-state index < -0.39 is 0 Å².